The molecule has 0 aromatic heterocycles. The predicted molar refractivity (Wildman–Crippen MR) is 84.4 cm³/mol. The first kappa shape index (κ1) is 19.7. The van der Waals surface area contributed by atoms with Crippen molar-refractivity contribution in [2.24, 2.45) is 5.92 Å². The average Bonchev–Trinajstić information content (AvgIpc) is 2.35. The number of urea groups is 1. The molecule has 0 aliphatic heterocycles. The number of rotatable bonds is 10. The van der Waals surface area contributed by atoms with Gasteiger partial charge < -0.3 is 20.6 Å². The minimum absolute atomic E-state index is 0.0482. The van der Waals surface area contributed by atoms with Gasteiger partial charge in [0, 0.05) is 12.1 Å². The molecule has 6 heteroatoms. The van der Waals surface area contributed by atoms with Gasteiger partial charge in [-0.25, -0.2) is 4.79 Å². The Labute approximate surface area is 128 Å². The second-order valence-electron chi connectivity index (χ2n) is 6.18. The minimum Gasteiger partial charge on any atom is -0.481 e. The van der Waals surface area contributed by atoms with E-state index in [-0.39, 0.29) is 24.0 Å². The van der Waals surface area contributed by atoms with Crippen LogP contribution in [0, 0.1) is 5.92 Å². The fourth-order valence-corrected chi connectivity index (χ4v) is 1.94. The van der Waals surface area contributed by atoms with Crippen molar-refractivity contribution in [1.29, 1.82) is 0 Å². The monoisotopic (exact) mass is 301 g/mol. The zero-order valence-corrected chi connectivity index (χ0v) is 14.0. The van der Waals surface area contributed by atoms with E-state index in [9.17, 15) is 9.59 Å². The maximum Gasteiger partial charge on any atom is 0.315 e. The molecule has 0 aromatic carbocycles. The minimum atomic E-state index is -0.761. The van der Waals surface area contributed by atoms with Crippen LogP contribution >= 0.6 is 0 Å². The lowest BCUT2D eigenvalue weighted by atomic mass is 10.0. The van der Waals surface area contributed by atoms with Gasteiger partial charge in [-0.3, -0.25) is 4.79 Å². The normalized spacial score (nSPS) is 15.3. The number of nitrogens with one attached hydrogen (secondary N) is 2. The van der Waals surface area contributed by atoms with Crippen LogP contribution in [0.2, 0.25) is 0 Å². The van der Waals surface area contributed by atoms with Crippen LogP contribution in [0.15, 0.2) is 0 Å². The summed E-state index contributed by atoms with van der Waals surface area (Å²) in [5.41, 5.74) is 0. The molecule has 0 spiro atoms. The molecule has 3 unspecified atom stereocenters. The summed E-state index contributed by atoms with van der Waals surface area (Å²) in [5.74, 6) is -1.08. The van der Waals surface area contributed by atoms with Gasteiger partial charge >= 0.3 is 12.0 Å². The predicted octanol–water partition coefficient (Wildman–Crippen LogP) is 1.91. The van der Waals surface area contributed by atoms with E-state index in [1.54, 1.807) is 6.92 Å². The number of nitrogens with zero attached hydrogens (tertiary/aromatic N) is 1. The van der Waals surface area contributed by atoms with E-state index in [0.717, 1.165) is 25.8 Å². The lowest BCUT2D eigenvalue weighted by Gasteiger charge is -2.19. The van der Waals surface area contributed by atoms with Gasteiger partial charge in [0.15, 0.2) is 0 Å². The topological polar surface area (TPSA) is 81.7 Å². The molecule has 3 atom stereocenters. The number of carboxylic acid groups (broad SMARTS) is 1. The van der Waals surface area contributed by atoms with Gasteiger partial charge in [0.05, 0.1) is 5.92 Å². The molecule has 0 radical (unpaired) electrons. The maximum absolute atomic E-state index is 11.8. The summed E-state index contributed by atoms with van der Waals surface area (Å²) >= 11 is 0. The van der Waals surface area contributed by atoms with Crippen molar-refractivity contribution in [2.45, 2.75) is 58.5 Å². The summed E-state index contributed by atoms with van der Waals surface area (Å²) in [6.45, 7) is 6.57. The summed E-state index contributed by atoms with van der Waals surface area (Å²) in [7, 11) is 4.01. The number of carbonyl (C=O) groups is 2. The summed E-state index contributed by atoms with van der Waals surface area (Å²) in [6.07, 6.45) is 3.13. The van der Waals surface area contributed by atoms with Crippen molar-refractivity contribution < 1.29 is 14.7 Å². The molecule has 124 valence electrons. The third-order valence-corrected chi connectivity index (χ3v) is 3.46. The molecule has 3 N–H and O–H groups in total. The van der Waals surface area contributed by atoms with Crippen molar-refractivity contribution in [1.82, 2.24) is 15.5 Å². The van der Waals surface area contributed by atoms with Gasteiger partial charge in [0.25, 0.3) is 0 Å². The number of amides is 2. The largest absolute Gasteiger partial charge is 0.481 e. The van der Waals surface area contributed by atoms with Crippen molar-refractivity contribution in [3.8, 4) is 0 Å². The Hall–Kier alpha value is -1.30. The first-order valence-electron chi connectivity index (χ1n) is 7.67. The Kier molecular flexibility index (Phi) is 9.78. The fourth-order valence-electron chi connectivity index (χ4n) is 1.94. The van der Waals surface area contributed by atoms with E-state index >= 15 is 0 Å². The molecule has 21 heavy (non-hydrogen) atoms. The number of hydrogen-bond acceptors (Lipinski definition) is 3. The van der Waals surface area contributed by atoms with Gasteiger partial charge in [0.2, 0.25) is 0 Å². The van der Waals surface area contributed by atoms with Gasteiger partial charge in [0.1, 0.15) is 0 Å². The summed E-state index contributed by atoms with van der Waals surface area (Å²) in [5, 5.41) is 14.6. The van der Waals surface area contributed by atoms with Crippen molar-refractivity contribution in [3.05, 3.63) is 0 Å². The lowest BCUT2D eigenvalue weighted by molar-refractivity contribution is -0.141. The Morgan fingerprint density at radius 1 is 1.00 bits per heavy atom. The van der Waals surface area contributed by atoms with Crippen LogP contribution in [0.25, 0.3) is 0 Å². The number of hydrogen-bond donors (Lipinski definition) is 3. The van der Waals surface area contributed by atoms with Crippen LogP contribution in [-0.2, 0) is 4.79 Å². The van der Waals surface area contributed by atoms with Crippen LogP contribution < -0.4 is 10.6 Å². The second kappa shape index (κ2) is 10.4. The SMILES string of the molecule is CC(CCCC(C)C(=O)O)NC(=O)NC(C)CCN(C)C. The Morgan fingerprint density at radius 3 is 2.00 bits per heavy atom. The molecule has 0 bridgehead atoms. The van der Waals surface area contributed by atoms with E-state index in [0.29, 0.717) is 6.42 Å². The summed E-state index contributed by atoms with van der Waals surface area (Å²) < 4.78 is 0. The van der Waals surface area contributed by atoms with Gasteiger partial charge in [-0.15, -0.1) is 0 Å². The van der Waals surface area contributed by atoms with E-state index in [1.165, 1.54) is 0 Å². The van der Waals surface area contributed by atoms with Crippen molar-refractivity contribution in [3.63, 3.8) is 0 Å². The summed E-state index contributed by atoms with van der Waals surface area (Å²) in [4.78, 5) is 24.6. The zero-order valence-electron chi connectivity index (χ0n) is 14.0. The standard InChI is InChI=1S/C15H31N3O3/c1-11(14(19)20)7-6-8-12(2)16-15(21)17-13(3)9-10-18(4)5/h11-13H,6-10H2,1-5H3,(H,19,20)(H2,16,17,21). The van der Waals surface area contributed by atoms with Gasteiger partial charge in [-0.1, -0.05) is 13.3 Å². The highest BCUT2D eigenvalue weighted by atomic mass is 16.4. The molecular weight excluding hydrogens is 270 g/mol. The molecule has 0 saturated carbocycles. The molecule has 6 nitrogen and oxygen atoms in total. The molecular formula is C15H31N3O3. The fraction of sp³-hybridized carbons (Fsp3) is 0.867. The molecule has 0 aliphatic carbocycles. The molecule has 0 aliphatic rings. The van der Waals surface area contributed by atoms with E-state index < -0.39 is 5.97 Å². The molecule has 2 amide bonds. The lowest BCUT2D eigenvalue weighted by Crippen LogP contribution is -2.45. The van der Waals surface area contributed by atoms with Gasteiger partial charge in [-0.2, -0.15) is 0 Å². The highest BCUT2D eigenvalue weighted by Crippen LogP contribution is 2.09. The molecule has 0 aromatic rings. The first-order valence-corrected chi connectivity index (χ1v) is 7.67. The highest BCUT2D eigenvalue weighted by Gasteiger charge is 2.13. The Morgan fingerprint density at radius 2 is 1.52 bits per heavy atom. The maximum atomic E-state index is 11.8. The molecule has 0 heterocycles. The Bertz CT molecular complexity index is 321. The molecule has 0 rings (SSSR count). The quantitative estimate of drug-likeness (QED) is 0.575. The van der Waals surface area contributed by atoms with E-state index in [1.807, 2.05) is 27.9 Å². The third-order valence-electron chi connectivity index (χ3n) is 3.46. The first-order chi connectivity index (χ1) is 9.72. The van der Waals surface area contributed by atoms with Gasteiger partial charge in [-0.05, 0) is 53.8 Å². The summed E-state index contributed by atoms with van der Waals surface area (Å²) in [6, 6.07) is 0.0266. The van der Waals surface area contributed by atoms with E-state index in [4.69, 9.17) is 5.11 Å². The Balaban J connectivity index is 3.81. The highest BCUT2D eigenvalue weighted by molar-refractivity contribution is 5.74. The zero-order chi connectivity index (χ0) is 16.4. The molecule has 0 fully saturated rings. The number of aliphatic carboxylic acids is 1. The number of carbonyl (C=O) groups excluding carboxylic acids is 1. The van der Waals surface area contributed by atoms with Crippen molar-refractivity contribution in [2.75, 3.05) is 20.6 Å². The van der Waals surface area contributed by atoms with Crippen molar-refractivity contribution >= 4 is 12.0 Å². The molecule has 0 saturated heterocycles. The average molecular weight is 301 g/mol. The van der Waals surface area contributed by atoms with Crippen LogP contribution in [0.3, 0.4) is 0 Å². The van der Waals surface area contributed by atoms with Crippen LogP contribution in [0.4, 0.5) is 4.79 Å². The second-order valence-corrected chi connectivity index (χ2v) is 6.18. The van der Waals surface area contributed by atoms with Crippen LogP contribution in [0.1, 0.15) is 46.5 Å². The number of carboxylic acids is 1. The van der Waals surface area contributed by atoms with Crippen LogP contribution in [0.5, 0.6) is 0 Å². The van der Waals surface area contributed by atoms with E-state index in [2.05, 4.69) is 15.5 Å². The third kappa shape index (κ3) is 11.1. The van der Waals surface area contributed by atoms with Crippen LogP contribution in [-0.4, -0.2) is 54.7 Å². The smallest absolute Gasteiger partial charge is 0.315 e.